The molecular weight excluding hydrogens is 240 g/mol. The number of hydrogen-bond acceptors (Lipinski definition) is 3. The monoisotopic (exact) mass is 252 g/mol. The molecule has 0 unspecified atom stereocenters. The molecule has 2 aromatic carbocycles. The summed E-state index contributed by atoms with van der Waals surface area (Å²) in [5.74, 6) is 0.320. The predicted molar refractivity (Wildman–Crippen MR) is 72.9 cm³/mol. The van der Waals surface area contributed by atoms with Gasteiger partial charge in [0.05, 0.1) is 0 Å². The van der Waals surface area contributed by atoms with E-state index in [9.17, 15) is 9.59 Å². The van der Waals surface area contributed by atoms with Gasteiger partial charge in [0.25, 0.3) is 6.47 Å². The Labute approximate surface area is 111 Å². The summed E-state index contributed by atoms with van der Waals surface area (Å²) in [5.41, 5.74) is 1.52. The number of ketones is 1. The largest absolute Gasteiger partial charge is 0.429 e. The van der Waals surface area contributed by atoms with Crippen LogP contribution in [-0.4, -0.2) is 12.3 Å². The molecular formula is C16H12O3. The van der Waals surface area contributed by atoms with E-state index in [1.165, 1.54) is 6.08 Å². The zero-order chi connectivity index (χ0) is 13.5. The first kappa shape index (κ1) is 12.8. The SMILES string of the molecule is O=COc1ccc(C(=O)C=Cc2ccccc2)cc1. The molecule has 19 heavy (non-hydrogen) atoms. The first-order chi connectivity index (χ1) is 9.29. The maximum Gasteiger partial charge on any atom is 0.298 e. The lowest BCUT2D eigenvalue weighted by Crippen LogP contribution is -1.95. The second-order valence-corrected chi connectivity index (χ2v) is 3.85. The average molecular weight is 252 g/mol. The van der Waals surface area contributed by atoms with Crippen LogP contribution in [-0.2, 0) is 4.79 Å². The Morgan fingerprint density at radius 3 is 2.26 bits per heavy atom. The van der Waals surface area contributed by atoms with E-state index in [0.29, 0.717) is 17.8 Å². The lowest BCUT2D eigenvalue weighted by atomic mass is 10.1. The maximum absolute atomic E-state index is 11.9. The molecule has 0 aromatic heterocycles. The zero-order valence-electron chi connectivity index (χ0n) is 10.2. The standard InChI is InChI=1S/C16H12O3/c17-12-19-15-9-7-14(8-10-15)16(18)11-6-13-4-2-1-3-5-13/h1-12H. The van der Waals surface area contributed by atoms with Gasteiger partial charge in [0, 0.05) is 5.56 Å². The van der Waals surface area contributed by atoms with Crippen molar-refractivity contribution in [2.75, 3.05) is 0 Å². The van der Waals surface area contributed by atoms with Gasteiger partial charge in [-0.3, -0.25) is 9.59 Å². The van der Waals surface area contributed by atoms with Crippen LogP contribution in [0.4, 0.5) is 0 Å². The molecule has 0 aliphatic rings. The Balaban J connectivity index is 2.07. The minimum atomic E-state index is -0.0958. The zero-order valence-corrected chi connectivity index (χ0v) is 10.2. The van der Waals surface area contributed by atoms with Gasteiger partial charge in [0.2, 0.25) is 0 Å². The molecule has 0 radical (unpaired) electrons. The average Bonchev–Trinajstić information content (AvgIpc) is 2.47. The van der Waals surface area contributed by atoms with Crippen molar-refractivity contribution in [2.45, 2.75) is 0 Å². The van der Waals surface area contributed by atoms with Crippen LogP contribution in [0.1, 0.15) is 15.9 Å². The molecule has 0 heterocycles. The quantitative estimate of drug-likeness (QED) is 0.466. The van der Waals surface area contributed by atoms with Crippen molar-refractivity contribution in [2.24, 2.45) is 0 Å². The fraction of sp³-hybridized carbons (Fsp3) is 0. The topological polar surface area (TPSA) is 43.4 Å². The number of benzene rings is 2. The maximum atomic E-state index is 11.9. The van der Waals surface area contributed by atoms with E-state index in [4.69, 9.17) is 0 Å². The van der Waals surface area contributed by atoms with Crippen molar-refractivity contribution in [3.05, 3.63) is 71.8 Å². The number of ether oxygens (including phenoxy) is 1. The lowest BCUT2D eigenvalue weighted by Gasteiger charge is -1.99. The van der Waals surface area contributed by atoms with Gasteiger partial charge in [-0.1, -0.05) is 36.4 Å². The summed E-state index contributed by atoms with van der Waals surface area (Å²) >= 11 is 0. The van der Waals surface area contributed by atoms with Gasteiger partial charge in [0.1, 0.15) is 5.75 Å². The van der Waals surface area contributed by atoms with Crippen molar-refractivity contribution < 1.29 is 14.3 Å². The fourth-order valence-corrected chi connectivity index (χ4v) is 1.59. The van der Waals surface area contributed by atoms with Crippen molar-refractivity contribution in [1.82, 2.24) is 0 Å². The molecule has 0 fully saturated rings. The van der Waals surface area contributed by atoms with E-state index in [1.54, 1.807) is 30.3 Å². The van der Waals surface area contributed by atoms with Crippen LogP contribution in [0.2, 0.25) is 0 Å². The van der Waals surface area contributed by atoms with Crippen LogP contribution in [0.5, 0.6) is 5.75 Å². The van der Waals surface area contributed by atoms with Crippen molar-refractivity contribution in [1.29, 1.82) is 0 Å². The summed E-state index contributed by atoms with van der Waals surface area (Å²) in [4.78, 5) is 22.0. The lowest BCUT2D eigenvalue weighted by molar-refractivity contribution is -0.120. The summed E-state index contributed by atoms with van der Waals surface area (Å²) in [6, 6.07) is 16.0. The molecule has 94 valence electrons. The Hall–Kier alpha value is -2.68. The first-order valence-corrected chi connectivity index (χ1v) is 5.77. The van der Waals surface area contributed by atoms with Gasteiger partial charge in [-0.2, -0.15) is 0 Å². The Morgan fingerprint density at radius 1 is 0.947 bits per heavy atom. The molecule has 2 rings (SSSR count). The van der Waals surface area contributed by atoms with Crippen molar-refractivity contribution >= 4 is 18.3 Å². The Bertz CT molecular complexity index is 583. The molecule has 0 aliphatic heterocycles. The summed E-state index contributed by atoms with van der Waals surface area (Å²) in [7, 11) is 0. The molecule has 3 heteroatoms. The second-order valence-electron chi connectivity index (χ2n) is 3.85. The minimum Gasteiger partial charge on any atom is -0.429 e. The Morgan fingerprint density at radius 2 is 1.63 bits per heavy atom. The van der Waals surface area contributed by atoms with Crippen LogP contribution >= 0.6 is 0 Å². The highest BCUT2D eigenvalue weighted by Crippen LogP contribution is 2.12. The molecule has 0 saturated heterocycles. The third-order valence-corrected chi connectivity index (χ3v) is 2.55. The molecule has 0 bridgehead atoms. The number of carbonyl (C=O) groups excluding carboxylic acids is 2. The molecule has 3 nitrogen and oxygen atoms in total. The third-order valence-electron chi connectivity index (χ3n) is 2.55. The highest BCUT2D eigenvalue weighted by Gasteiger charge is 2.01. The van der Waals surface area contributed by atoms with Crippen LogP contribution in [0.3, 0.4) is 0 Å². The van der Waals surface area contributed by atoms with Crippen molar-refractivity contribution in [3.63, 3.8) is 0 Å². The molecule has 0 spiro atoms. The molecule has 0 N–H and O–H groups in total. The number of hydrogen-bond donors (Lipinski definition) is 0. The second kappa shape index (κ2) is 6.31. The molecule has 0 amide bonds. The Kier molecular flexibility index (Phi) is 4.24. The van der Waals surface area contributed by atoms with Crippen LogP contribution in [0, 0.1) is 0 Å². The van der Waals surface area contributed by atoms with E-state index in [1.807, 2.05) is 30.3 Å². The fourth-order valence-electron chi connectivity index (χ4n) is 1.59. The highest BCUT2D eigenvalue weighted by atomic mass is 16.5. The normalized spacial score (nSPS) is 10.3. The molecule has 2 aromatic rings. The summed E-state index contributed by atoms with van der Waals surface area (Å²) in [6.07, 6.45) is 3.28. The van der Waals surface area contributed by atoms with E-state index >= 15 is 0 Å². The number of carbonyl (C=O) groups is 2. The minimum absolute atomic E-state index is 0.0958. The van der Waals surface area contributed by atoms with Gasteiger partial charge in [-0.05, 0) is 35.9 Å². The summed E-state index contributed by atoms with van der Waals surface area (Å²) < 4.78 is 4.66. The summed E-state index contributed by atoms with van der Waals surface area (Å²) in [5, 5.41) is 0. The molecule has 0 aliphatic carbocycles. The molecule has 0 atom stereocenters. The van der Waals surface area contributed by atoms with E-state index in [0.717, 1.165) is 5.56 Å². The van der Waals surface area contributed by atoms with Crippen LogP contribution in [0.15, 0.2) is 60.7 Å². The van der Waals surface area contributed by atoms with E-state index in [-0.39, 0.29) is 5.78 Å². The number of allylic oxidation sites excluding steroid dienone is 1. The number of rotatable bonds is 5. The first-order valence-electron chi connectivity index (χ1n) is 5.77. The van der Waals surface area contributed by atoms with Gasteiger partial charge < -0.3 is 4.74 Å². The van der Waals surface area contributed by atoms with Gasteiger partial charge >= 0.3 is 0 Å². The van der Waals surface area contributed by atoms with Crippen molar-refractivity contribution in [3.8, 4) is 5.75 Å². The van der Waals surface area contributed by atoms with Gasteiger partial charge in [-0.15, -0.1) is 0 Å². The summed E-state index contributed by atoms with van der Waals surface area (Å²) in [6.45, 7) is 0.353. The van der Waals surface area contributed by atoms with Gasteiger partial charge in [0.15, 0.2) is 5.78 Å². The van der Waals surface area contributed by atoms with E-state index < -0.39 is 0 Å². The van der Waals surface area contributed by atoms with Crippen LogP contribution < -0.4 is 4.74 Å². The smallest absolute Gasteiger partial charge is 0.298 e. The van der Waals surface area contributed by atoms with Crippen LogP contribution in [0.25, 0.3) is 6.08 Å². The third kappa shape index (κ3) is 3.64. The highest BCUT2D eigenvalue weighted by molar-refractivity contribution is 6.06. The van der Waals surface area contributed by atoms with Gasteiger partial charge in [-0.25, -0.2) is 0 Å². The molecule has 0 saturated carbocycles. The van der Waals surface area contributed by atoms with E-state index in [2.05, 4.69) is 4.74 Å². The predicted octanol–water partition coefficient (Wildman–Crippen LogP) is 3.12.